The first-order valence-corrected chi connectivity index (χ1v) is 9.72. The molecule has 1 aromatic carbocycles. The van der Waals surface area contributed by atoms with Gasteiger partial charge in [-0.2, -0.15) is 5.10 Å². The van der Waals surface area contributed by atoms with Gasteiger partial charge in [0.25, 0.3) is 5.91 Å². The lowest BCUT2D eigenvalue weighted by Gasteiger charge is -2.33. The fraction of sp³-hybridized carbons (Fsp3) is 0.524. The van der Waals surface area contributed by atoms with Gasteiger partial charge in [-0.25, -0.2) is 0 Å². The van der Waals surface area contributed by atoms with Crippen molar-refractivity contribution in [1.82, 2.24) is 15.1 Å². The Morgan fingerprint density at radius 1 is 1.31 bits per heavy atom. The smallest absolute Gasteiger partial charge is 0.257 e. The second-order valence-corrected chi connectivity index (χ2v) is 7.50. The van der Waals surface area contributed by atoms with Gasteiger partial charge < -0.3 is 9.64 Å². The van der Waals surface area contributed by atoms with Gasteiger partial charge in [-0.3, -0.25) is 9.89 Å². The van der Waals surface area contributed by atoms with Crippen molar-refractivity contribution >= 4 is 5.91 Å². The lowest BCUT2D eigenvalue weighted by Crippen LogP contribution is -2.46. The van der Waals surface area contributed by atoms with Gasteiger partial charge in [0, 0.05) is 24.7 Å². The first-order chi connectivity index (χ1) is 12.7. The topological polar surface area (TPSA) is 58.2 Å². The predicted molar refractivity (Wildman–Crippen MR) is 100 cm³/mol. The molecule has 0 bridgehead atoms. The molecule has 1 aliphatic heterocycles. The molecule has 5 heteroatoms. The summed E-state index contributed by atoms with van der Waals surface area (Å²) in [6.07, 6.45) is 5.55. The zero-order chi connectivity index (χ0) is 17.9. The van der Waals surface area contributed by atoms with E-state index in [1.165, 1.54) is 5.56 Å². The summed E-state index contributed by atoms with van der Waals surface area (Å²) in [5.41, 5.74) is 4.03. The Morgan fingerprint density at radius 3 is 2.88 bits per heavy atom. The van der Waals surface area contributed by atoms with Gasteiger partial charge in [-0.05, 0) is 44.6 Å². The van der Waals surface area contributed by atoms with E-state index in [1.54, 1.807) is 0 Å². The molecule has 1 saturated heterocycles. The van der Waals surface area contributed by atoms with Crippen molar-refractivity contribution in [2.45, 2.75) is 51.0 Å². The standard InChI is InChI=1S/C21H27N3O2/c1-15-19(20(23-22-15)17-10-11-17)21(25)24-12-13-26-18(14-24)9-5-8-16-6-3-2-4-7-16/h2-4,6-7,17-18H,5,8-14H2,1H3,(H,22,23)/t18-/m0/s1. The summed E-state index contributed by atoms with van der Waals surface area (Å²) < 4.78 is 5.92. The van der Waals surface area contributed by atoms with E-state index in [0.717, 1.165) is 49.1 Å². The molecule has 5 nitrogen and oxygen atoms in total. The van der Waals surface area contributed by atoms with Crippen molar-refractivity contribution in [3.05, 3.63) is 52.8 Å². The van der Waals surface area contributed by atoms with Crippen LogP contribution in [0, 0.1) is 6.92 Å². The van der Waals surface area contributed by atoms with Crippen LogP contribution in [0.2, 0.25) is 0 Å². The normalized spacial score (nSPS) is 20.3. The van der Waals surface area contributed by atoms with Gasteiger partial charge in [-0.1, -0.05) is 30.3 Å². The molecule has 2 fully saturated rings. The zero-order valence-corrected chi connectivity index (χ0v) is 15.4. The Hall–Kier alpha value is -2.14. The number of H-pyrrole nitrogens is 1. The number of aromatic nitrogens is 2. The van der Waals surface area contributed by atoms with Crippen LogP contribution in [0.5, 0.6) is 0 Å². The van der Waals surface area contributed by atoms with E-state index in [-0.39, 0.29) is 12.0 Å². The van der Waals surface area contributed by atoms with E-state index in [0.29, 0.717) is 25.6 Å². The van der Waals surface area contributed by atoms with Gasteiger partial charge in [0.15, 0.2) is 0 Å². The third-order valence-corrected chi connectivity index (χ3v) is 5.41. The van der Waals surface area contributed by atoms with Crippen LogP contribution in [0.15, 0.2) is 30.3 Å². The number of nitrogens with zero attached hydrogens (tertiary/aromatic N) is 2. The minimum absolute atomic E-state index is 0.120. The molecule has 138 valence electrons. The van der Waals surface area contributed by atoms with Crippen LogP contribution in [-0.2, 0) is 11.2 Å². The molecule has 1 aromatic heterocycles. The average Bonchev–Trinajstić information content (AvgIpc) is 3.44. The summed E-state index contributed by atoms with van der Waals surface area (Å²) in [7, 11) is 0. The van der Waals surface area contributed by atoms with Crippen molar-refractivity contribution in [3.8, 4) is 0 Å². The number of carbonyl (C=O) groups excluding carboxylic acids is 1. The molecule has 2 aromatic rings. The molecular weight excluding hydrogens is 326 g/mol. The maximum atomic E-state index is 13.1. The Bertz CT molecular complexity index is 752. The number of morpholine rings is 1. The van der Waals surface area contributed by atoms with Crippen molar-refractivity contribution in [1.29, 1.82) is 0 Å². The number of carbonyl (C=O) groups is 1. The highest BCUT2D eigenvalue weighted by Crippen LogP contribution is 2.41. The van der Waals surface area contributed by atoms with E-state index in [2.05, 4.69) is 34.5 Å². The van der Waals surface area contributed by atoms with Crippen LogP contribution in [0.3, 0.4) is 0 Å². The highest BCUT2D eigenvalue weighted by molar-refractivity contribution is 5.96. The molecule has 2 heterocycles. The molecule has 2 aliphatic rings. The van der Waals surface area contributed by atoms with Crippen molar-refractivity contribution < 1.29 is 9.53 Å². The number of amides is 1. The summed E-state index contributed by atoms with van der Waals surface area (Å²) in [6, 6.07) is 10.5. The zero-order valence-electron chi connectivity index (χ0n) is 15.4. The lowest BCUT2D eigenvalue weighted by molar-refractivity contribution is -0.0255. The number of hydrogen-bond acceptors (Lipinski definition) is 3. The number of aromatic amines is 1. The van der Waals surface area contributed by atoms with Crippen molar-refractivity contribution in [3.63, 3.8) is 0 Å². The Kier molecular flexibility index (Phi) is 5.07. The fourth-order valence-electron chi connectivity index (χ4n) is 3.79. The molecule has 1 amide bonds. The van der Waals surface area contributed by atoms with Crippen LogP contribution in [0.1, 0.15) is 58.9 Å². The SMILES string of the molecule is Cc1[nH]nc(C2CC2)c1C(=O)N1CCO[C@@H](CCCc2ccccc2)C1. The van der Waals surface area contributed by atoms with Crippen LogP contribution < -0.4 is 0 Å². The van der Waals surface area contributed by atoms with E-state index in [9.17, 15) is 4.79 Å². The number of hydrogen-bond donors (Lipinski definition) is 1. The molecule has 1 atom stereocenters. The monoisotopic (exact) mass is 353 g/mol. The minimum atomic E-state index is 0.120. The van der Waals surface area contributed by atoms with E-state index < -0.39 is 0 Å². The van der Waals surface area contributed by atoms with Crippen LogP contribution in [-0.4, -0.2) is 46.8 Å². The number of nitrogens with one attached hydrogen (secondary N) is 1. The number of aryl methyl sites for hydroxylation is 2. The van der Waals surface area contributed by atoms with Gasteiger partial charge in [0.1, 0.15) is 0 Å². The van der Waals surface area contributed by atoms with Crippen molar-refractivity contribution in [2.75, 3.05) is 19.7 Å². The van der Waals surface area contributed by atoms with Gasteiger partial charge >= 0.3 is 0 Å². The summed E-state index contributed by atoms with van der Waals surface area (Å²) >= 11 is 0. The highest BCUT2D eigenvalue weighted by atomic mass is 16.5. The summed E-state index contributed by atoms with van der Waals surface area (Å²) in [6.45, 7) is 3.92. The molecule has 0 radical (unpaired) electrons. The molecule has 4 rings (SSSR count). The largest absolute Gasteiger partial charge is 0.375 e. The molecule has 1 saturated carbocycles. The second-order valence-electron chi connectivity index (χ2n) is 7.50. The predicted octanol–water partition coefficient (Wildman–Crippen LogP) is 3.46. The highest BCUT2D eigenvalue weighted by Gasteiger charge is 2.34. The van der Waals surface area contributed by atoms with E-state index in [4.69, 9.17) is 4.74 Å². The molecule has 1 N–H and O–H groups in total. The first-order valence-electron chi connectivity index (χ1n) is 9.72. The second kappa shape index (κ2) is 7.62. The van der Waals surface area contributed by atoms with Gasteiger partial charge in [-0.15, -0.1) is 0 Å². The fourth-order valence-corrected chi connectivity index (χ4v) is 3.79. The summed E-state index contributed by atoms with van der Waals surface area (Å²) in [5, 5.41) is 7.41. The minimum Gasteiger partial charge on any atom is -0.375 e. The third kappa shape index (κ3) is 3.83. The van der Waals surface area contributed by atoms with Crippen LogP contribution in [0.25, 0.3) is 0 Å². The maximum absolute atomic E-state index is 13.1. The Labute approximate surface area is 154 Å². The van der Waals surface area contributed by atoms with Crippen LogP contribution >= 0.6 is 0 Å². The van der Waals surface area contributed by atoms with Crippen LogP contribution in [0.4, 0.5) is 0 Å². The quantitative estimate of drug-likeness (QED) is 0.865. The third-order valence-electron chi connectivity index (χ3n) is 5.41. The number of benzene rings is 1. The number of rotatable bonds is 6. The Morgan fingerprint density at radius 2 is 2.12 bits per heavy atom. The summed E-state index contributed by atoms with van der Waals surface area (Å²) in [4.78, 5) is 15.0. The molecular formula is C21H27N3O2. The number of ether oxygens (including phenoxy) is 1. The molecule has 1 aliphatic carbocycles. The van der Waals surface area contributed by atoms with Crippen molar-refractivity contribution in [2.24, 2.45) is 0 Å². The average molecular weight is 353 g/mol. The first kappa shape index (κ1) is 17.3. The van der Waals surface area contributed by atoms with Gasteiger partial charge in [0.05, 0.1) is 24.0 Å². The molecule has 0 unspecified atom stereocenters. The van der Waals surface area contributed by atoms with Gasteiger partial charge in [0.2, 0.25) is 0 Å². The molecule has 26 heavy (non-hydrogen) atoms. The maximum Gasteiger partial charge on any atom is 0.257 e. The summed E-state index contributed by atoms with van der Waals surface area (Å²) in [5.74, 6) is 0.594. The Balaban J connectivity index is 1.34. The van der Waals surface area contributed by atoms with E-state index in [1.807, 2.05) is 17.9 Å². The molecule has 0 spiro atoms. The lowest BCUT2D eigenvalue weighted by atomic mass is 10.0. The van der Waals surface area contributed by atoms with E-state index >= 15 is 0 Å².